The molecule has 1 rings (SSSR count). The summed E-state index contributed by atoms with van der Waals surface area (Å²) < 4.78 is 29.9. The highest BCUT2D eigenvalue weighted by Gasteiger charge is 2.27. The van der Waals surface area contributed by atoms with Crippen LogP contribution in [-0.2, 0) is 15.8 Å². The topological polar surface area (TPSA) is 106 Å². The van der Waals surface area contributed by atoms with Crippen LogP contribution in [0, 0.1) is 0 Å². The molecule has 5 N–H and O–H groups in total. The zero-order valence-electron chi connectivity index (χ0n) is 7.42. The summed E-state index contributed by atoms with van der Waals surface area (Å²) in [5.41, 5.74) is 10.0. The van der Waals surface area contributed by atoms with Gasteiger partial charge in [0.1, 0.15) is 11.4 Å². The molecule has 0 aliphatic carbocycles. The maximum absolute atomic E-state index is 10.6. The molecule has 0 fully saturated rings. The van der Waals surface area contributed by atoms with Crippen LogP contribution in [0.4, 0.5) is 0 Å². The SMILES string of the molecule is NC(N)(CS(=O)(=O)O)c1ccccc1. The number of hydrogen-bond acceptors (Lipinski definition) is 4. The summed E-state index contributed by atoms with van der Waals surface area (Å²) in [5.74, 6) is -0.704. The fourth-order valence-electron chi connectivity index (χ4n) is 1.13. The molecule has 0 heterocycles. The van der Waals surface area contributed by atoms with Crippen LogP contribution in [0.5, 0.6) is 0 Å². The third-order valence-electron chi connectivity index (χ3n) is 1.73. The van der Waals surface area contributed by atoms with E-state index in [1.807, 2.05) is 0 Å². The van der Waals surface area contributed by atoms with Crippen LogP contribution >= 0.6 is 0 Å². The van der Waals surface area contributed by atoms with Crippen LogP contribution in [-0.4, -0.2) is 18.7 Å². The first kappa shape index (κ1) is 11.1. The molecule has 0 aromatic heterocycles. The summed E-state index contributed by atoms with van der Waals surface area (Å²) in [6, 6.07) is 8.34. The molecule has 5 nitrogen and oxygen atoms in total. The van der Waals surface area contributed by atoms with Gasteiger partial charge in [-0.15, -0.1) is 0 Å². The highest BCUT2D eigenvalue weighted by atomic mass is 32.2. The normalized spacial score (nSPS) is 12.8. The average molecular weight is 216 g/mol. The Balaban J connectivity index is 2.97. The van der Waals surface area contributed by atoms with Crippen molar-refractivity contribution in [2.75, 3.05) is 5.75 Å². The van der Waals surface area contributed by atoms with Gasteiger partial charge < -0.3 is 11.5 Å². The molecular weight excluding hydrogens is 204 g/mol. The molecule has 0 saturated carbocycles. The van der Waals surface area contributed by atoms with E-state index in [2.05, 4.69) is 0 Å². The first-order valence-electron chi connectivity index (χ1n) is 3.90. The van der Waals surface area contributed by atoms with E-state index in [9.17, 15) is 8.42 Å². The maximum Gasteiger partial charge on any atom is 0.268 e. The van der Waals surface area contributed by atoms with Gasteiger partial charge in [-0.25, -0.2) is 0 Å². The molecule has 1 aromatic carbocycles. The lowest BCUT2D eigenvalue weighted by molar-refractivity contribution is 0.445. The van der Waals surface area contributed by atoms with E-state index in [4.69, 9.17) is 16.0 Å². The van der Waals surface area contributed by atoms with Crippen LogP contribution in [0.3, 0.4) is 0 Å². The summed E-state index contributed by atoms with van der Waals surface area (Å²) in [6.45, 7) is 0. The van der Waals surface area contributed by atoms with Crippen molar-refractivity contribution in [3.8, 4) is 0 Å². The van der Waals surface area contributed by atoms with Gasteiger partial charge in [0, 0.05) is 0 Å². The van der Waals surface area contributed by atoms with E-state index < -0.39 is 21.5 Å². The van der Waals surface area contributed by atoms with E-state index in [0.29, 0.717) is 5.56 Å². The Hall–Kier alpha value is -0.950. The fourth-order valence-corrected chi connectivity index (χ4v) is 1.90. The first-order chi connectivity index (χ1) is 6.31. The zero-order valence-corrected chi connectivity index (χ0v) is 8.24. The van der Waals surface area contributed by atoms with Gasteiger partial charge in [0.05, 0.1) is 0 Å². The standard InChI is InChI=1S/C8H12N2O3S/c9-8(10,6-14(11,12)13)7-4-2-1-3-5-7/h1-5H,6,9-10H2,(H,11,12,13). The average Bonchev–Trinajstić information content (AvgIpc) is 2.01. The van der Waals surface area contributed by atoms with Gasteiger partial charge in [0.15, 0.2) is 0 Å². The lowest BCUT2D eigenvalue weighted by Gasteiger charge is -2.23. The van der Waals surface area contributed by atoms with Gasteiger partial charge in [-0.05, 0) is 5.56 Å². The predicted octanol–water partition coefficient (Wildman–Crippen LogP) is -0.355. The van der Waals surface area contributed by atoms with Crippen molar-refractivity contribution in [1.82, 2.24) is 0 Å². The van der Waals surface area contributed by atoms with Crippen LogP contribution < -0.4 is 11.5 Å². The molecule has 0 saturated heterocycles. The van der Waals surface area contributed by atoms with Crippen LogP contribution in [0.2, 0.25) is 0 Å². The minimum absolute atomic E-state index is 0.456. The molecule has 0 unspecified atom stereocenters. The number of hydrogen-bond donors (Lipinski definition) is 3. The lowest BCUT2D eigenvalue weighted by Crippen LogP contribution is -2.51. The van der Waals surface area contributed by atoms with Crippen LogP contribution in [0.15, 0.2) is 30.3 Å². The van der Waals surface area contributed by atoms with Crippen LogP contribution in [0.25, 0.3) is 0 Å². The first-order valence-corrected chi connectivity index (χ1v) is 5.51. The second-order valence-electron chi connectivity index (χ2n) is 3.13. The third-order valence-corrected chi connectivity index (χ3v) is 2.57. The molecule has 0 amide bonds. The Kier molecular flexibility index (Phi) is 2.91. The minimum Gasteiger partial charge on any atom is -0.309 e. The fraction of sp³-hybridized carbons (Fsp3) is 0.250. The maximum atomic E-state index is 10.6. The molecule has 1 aromatic rings. The number of benzene rings is 1. The Morgan fingerprint density at radius 2 is 1.71 bits per heavy atom. The van der Waals surface area contributed by atoms with Crippen molar-refractivity contribution in [3.05, 3.63) is 35.9 Å². The second-order valence-corrected chi connectivity index (χ2v) is 4.59. The Bertz CT molecular complexity index is 400. The second kappa shape index (κ2) is 3.66. The van der Waals surface area contributed by atoms with Crippen molar-refractivity contribution >= 4 is 10.1 Å². The summed E-state index contributed by atoms with van der Waals surface area (Å²) in [7, 11) is -4.18. The van der Waals surface area contributed by atoms with E-state index in [1.54, 1.807) is 30.3 Å². The van der Waals surface area contributed by atoms with Gasteiger partial charge in [-0.3, -0.25) is 4.55 Å². The van der Waals surface area contributed by atoms with Crippen molar-refractivity contribution in [1.29, 1.82) is 0 Å². The molecule has 6 heteroatoms. The van der Waals surface area contributed by atoms with E-state index >= 15 is 0 Å². The van der Waals surface area contributed by atoms with Crippen molar-refractivity contribution < 1.29 is 13.0 Å². The van der Waals surface area contributed by atoms with Gasteiger partial charge in [0.25, 0.3) is 10.1 Å². The molecular formula is C8H12N2O3S. The molecule has 0 aliphatic rings. The third kappa shape index (κ3) is 3.08. The monoisotopic (exact) mass is 216 g/mol. The quantitative estimate of drug-likeness (QED) is 0.472. The Morgan fingerprint density at radius 3 is 2.14 bits per heavy atom. The lowest BCUT2D eigenvalue weighted by atomic mass is 10.0. The summed E-state index contributed by atoms with van der Waals surface area (Å²) in [6.07, 6.45) is 0. The minimum atomic E-state index is -4.18. The zero-order chi connectivity index (χ0) is 10.8. The van der Waals surface area contributed by atoms with Gasteiger partial charge in [-0.2, -0.15) is 8.42 Å². The van der Waals surface area contributed by atoms with Crippen molar-refractivity contribution in [2.45, 2.75) is 5.66 Å². The van der Waals surface area contributed by atoms with Crippen molar-refractivity contribution in [2.24, 2.45) is 11.5 Å². The molecule has 0 aliphatic heterocycles. The van der Waals surface area contributed by atoms with Crippen molar-refractivity contribution in [3.63, 3.8) is 0 Å². The Morgan fingerprint density at radius 1 is 1.21 bits per heavy atom. The van der Waals surface area contributed by atoms with E-state index in [-0.39, 0.29) is 0 Å². The molecule has 78 valence electrons. The van der Waals surface area contributed by atoms with E-state index in [1.165, 1.54) is 0 Å². The predicted molar refractivity (Wildman–Crippen MR) is 52.9 cm³/mol. The molecule has 0 spiro atoms. The largest absolute Gasteiger partial charge is 0.309 e. The summed E-state index contributed by atoms with van der Waals surface area (Å²) >= 11 is 0. The molecule has 0 radical (unpaired) electrons. The number of rotatable bonds is 3. The smallest absolute Gasteiger partial charge is 0.268 e. The summed E-state index contributed by atoms with van der Waals surface area (Å²) in [4.78, 5) is 0. The molecule has 14 heavy (non-hydrogen) atoms. The van der Waals surface area contributed by atoms with Gasteiger partial charge >= 0.3 is 0 Å². The van der Waals surface area contributed by atoms with Gasteiger partial charge in [0.2, 0.25) is 0 Å². The highest BCUT2D eigenvalue weighted by molar-refractivity contribution is 7.85. The molecule has 0 bridgehead atoms. The highest BCUT2D eigenvalue weighted by Crippen LogP contribution is 2.13. The van der Waals surface area contributed by atoms with Crippen LogP contribution in [0.1, 0.15) is 5.56 Å². The summed E-state index contributed by atoms with van der Waals surface area (Å²) in [5, 5.41) is 0. The molecule has 0 atom stereocenters. The van der Waals surface area contributed by atoms with E-state index in [0.717, 1.165) is 0 Å². The Labute approximate surface area is 82.5 Å². The van der Waals surface area contributed by atoms with Gasteiger partial charge in [-0.1, -0.05) is 30.3 Å². The number of nitrogens with two attached hydrogens (primary N) is 2.